The van der Waals surface area contributed by atoms with Crippen molar-refractivity contribution in [2.45, 2.75) is 26.4 Å². The summed E-state index contributed by atoms with van der Waals surface area (Å²) in [5, 5.41) is 4.42. The van der Waals surface area contributed by atoms with Gasteiger partial charge in [-0.2, -0.15) is 0 Å². The molecule has 0 saturated carbocycles. The number of nitrogens with one attached hydrogen (secondary N) is 1. The Hall–Kier alpha value is -1.59. The lowest BCUT2D eigenvalue weighted by molar-refractivity contribution is 0.0862. The van der Waals surface area contributed by atoms with Crippen LogP contribution >= 0.6 is 23.2 Å². The number of carbonyl (C=O) groups is 1. The summed E-state index contributed by atoms with van der Waals surface area (Å²) in [6.45, 7) is 10.1. The highest BCUT2D eigenvalue weighted by molar-refractivity contribution is 6.42. The van der Waals surface area contributed by atoms with E-state index in [0.717, 1.165) is 39.3 Å². The fourth-order valence-electron chi connectivity index (χ4n) is 3.57. The van der Waals surface area contributed by atoms with Gasteiger partial charge in [-0.1, -0.05) is 61.3 Å². The molecule has 2 aromatic rings. The van der Waals surface area contributed by atoms with E-state index in [0.29, 0.717) is 21.5 Å². The standard InChI is InChI=1S/C23H29Cl2N3O/c1-17(2)22(26-23(29)19-6-4-3-5-7-19)16-28-12-10-27(11-13-28)15-18-8-9-20(24)21(25)14-18/h3-9,14,17,22H,10-13,15-16H2,1-2H3,(H,26,29)/t22-/m0/s1. The van der Waals surface area contributed by atoms with Crippen molar-refractivity contribution in [3.63, 3.8) is 0 Å². The Morgan fingerprint density at radius 3 is 2.24 bits per heavy atom. The Balaban J connectivity index is 1.50. The lowest BCUT2D eigenvalue weighted by Gasteiger charge is -2.37. The molecule has 0 aromatic heterocycles. The van der Waals surface area contributed by atoms with E-state index in [1.165, 1.54) is 5.56 Å². The number of nitrogens with zero attached hydrogens (tertiary/aromatic N) is 2. The summed E-state index contributed by atoms with van der Waals surface area (Å²) in [7, 11) is 0. The molecule has 29 heavy (non-hydrogen) atoms. The highest BCUT2D eigenvalue weighted by atomic mass is 35.5. The van der Waals surface area contributed by atoms with Crippen molar-refractivity contribution in [3.8, 4) is 0 Å². The van der Waals surface area contributed by atoms with Gasteiger partial charge in [0.15, 0.2) is 0 Å². The molecule has 1 fully saturated rings. The van der Waals surface area contributed by atoms with Crippen molar-refractivity contribution < 1.29 is 4.79 Å². The van der Waals surface area contributed by atoms with Crippen molar-refractivity contribution >= 4 is 29.1 Å². The number of benzene rings is 2. The number of halogens is 2. The van der Waals surface area contributed by atoms with Gasteiger partial charge in [-0.25, -0.2) is 0 Å². The van der Waals surface area contributed by atoms with Crippen molar-refractivity contribution in [1.82, 2.24) is 15.1 Å². The van der Waals surface area contributed by atoms with Gasteiger partial charge < -0.3 is 5.32 Å². The van der Waals surface area contributed by atoms with Crippen molar-refractivity contribution in [2.75, 3.05) is 32.7 Å². The summed E-state index contributed by atoms with van der Waals surface area (Å²) in [5.74, 6) is 0.374. The molecule has 0 spiro atoms. The van der Waals surface area contributed by atoms with E-state index >= 15 is 0 Å². The molecule has 1 saturated heterocycles. The van der Waals surface area contributed by atoms with E-state index in [1.807, 2.05) is 48.5 Å². The van der Waals surface area contributed by atoms with Crippen LogP contribution in [0.2, 0.25) is 10.0 Å². The molecule has 1 atom stereocenters. The average Bonchev–Trinajstić information content (AvgIpc) is 2.72. The van der Waals surface area contributed by atoms with Gasteiger partial charge in [-0.15, -0.1) is 0 Å². The zero-order valence-corrected chi connectivity index (χ0v) is 18.6. The van der Waals surface area contributed by atoms with E-state index in [-0.39, 0.29) is 11.9 Å². The second-order valence-corrected chi connectivity index (χ2v) is 8.83. The predicted octanol–water partition coefficient (Wildman–Crippen LogP) is 4.57. The average molecular weight is 434 g/mol. The first kappa shape index (κ1) is 22.1. The fraction of sp³-hybridized carbons (Fsp3) is 0.435. The molecule has 1 heterocycles. The molecule has 4 nitrogen and oxygen atoms in total. The quantitative estimate of drug-likeness (QED) is 0.694. The molecule has 1 aliphatic rings. The first-order valence-corrected chi connectivity index (χ1v) is 10.9. The maximum absolute atomic E-state index is 12.5. The maximum atomic E-state index is 12.5. The second kappa shape index (κ2) is 10.4. The minimum absolute atomic E-state index is 0.00236. The summed E-state index contributed by atoms with van der Waals surface area (Å²) in [6, 6.07) is 15.4. The minimum Gasteiger partial charge on any atom is -0.348 e. The highest BCUT2D eigenvalue weighted by Gasteiger charge is 2.23. The number of hydrogen-bond acceptors (Lipinski definition) is 3. The normalized spacial score (nSPS) is 16.7. The van der Waals surface area contributed by atoms with Crippen LogP contribution in [0.15, 0.2) is 48.5 Å². The van der Waals surface area contributed by atoms with E-state index in [1.54, 1.807) is 0 Å². The van der Waals surface area contributed by atoms with Crippen LogP contribution in [0.5, 0.6) is 0 Å². The van der Waals surface area contributed by atoms with Crippen LogP contribution in [0.3, 0.4) is 0 Å². The third-order valence-electron chi connectivity index (χ3n) is 5.47. The number of amides is 1. The summed E-state index contributed by atoms with van der Waals surface area (Å²) in [4.78, 5) is 17.4. The van der Waals surface area contributed by atoms with Crippen molar-refractivity contribution in [3.05, 3.63) is 69.7 Å². The topological polar surface area (TPSA) is 35.6 Å². The Bertz CT molecular complexity index is 805. The number of rotatable bonds is 7. The van der Waals surface area contributed by atoms with E-state index < -0.39 is 0 Å². The van der Waals surface area contributed by atoms with Gasteiger partial charge in [0.2, 0.25) is 0 Å². The molecule has 0 radical (unpaired) electrons. The van der Waals surface area contributed by atoms with Gasteiger partial charge in [0.05, 0.1) is 10.0 Å². The number of carbonyl (C=O) groups excluding carboxylic acids is 1. The van der Waals surface area contributed by atoms with Gasteiger partial charge in [-0.05, 0) is 35.7 Å². The molecule has 0 aliphatic carbocycles. The lowest BCUT2D eigenvalue weighted by atomic mass is 10.0. The van der Waals surface area contributed by atoms with Crippen molar-refractivity contribution in [2.24, 2.45) is 5.92 Å². The zero-order chi connectivity index (χ0) is 20.8. The first-order chi connectivity index (χ1) is 13.9. The van der Waals surface area contributed by atoms with Gasteiger partial charge in [0.25, 0.3) is 5.91 Å². The van der Waals surface area contributed by atoms with E-state index in [9.17, 15) is 4.79 Å². The highest BCUT2D eigenvalue weighted by Crippen LogP contribution is 2.23. The Kier molecular flexibility index (Phi) is 7.96. The lowest BCUT2D eigenvalue weighted by Crippen LogP contribution is -2.52. The van der Waals surface area contributed by atoms with Crippen LogP contribution in [-0.4, -0.2) is 54.5 Å². The van der Waals surface area contributed by atoms with Crippen LogP contribution in [0, 0.1) is 5.92 Å². The summed E-state index contributed by atoms with van der Waals surface area (Å²) >= 11 is 12.1. The van der Waals surface area contributed by atoms with E-state index in [2.05, 4.69) is 29.0 Å². The monoisotopic (exact) mass is 433 g/mol. The predicted molar refractivity (Wildman–Crippen MR) is 121 cm³/mol. The third-order valence-corrected chi connectivity index (χ3v) is 6.21. The molecule has 1 amide bonds. The summed E-state index contributed by atoms with van der Waals surface area (Å²) < 4.78 is 0. The van der Waals surface area contributed by atoms with Crippen LogP contribution in [0.4, 0.5) is 0 Å². The van der Waals surface area contributed by atoms with Crippen LogP contribution < -0.4 is 5.32 Å². The molecule has 6 heteroatoms. The molecule has 156 valence electrons. The molecule has 3 rings (SSSR count). The third kappa shape index (κ3) is 6.45. The molecule has 2 aromatic carbocycles. The smallest absolute Gasteiger partial charge is 0.251 e. The van der Waals surface area contributed by atoms with Crippen molar-refractivity contribution in [1.29, 1.82) is 0 Å². The Morgan fingerprint density at radius 2 is 1.62 bits per heavy atom. The van der Waals surface area contributed by atoms with Crippen LogP contribution in [0.1, 0.15) is 29.8 Å². The largest absolute Gasteiger partial charge is 0.348 e. The molecule has 0 unspecified atom stereocenters. The Labute approximate surface area is 183 Å². The fourth-order valence-corrected chi connectivity index (χ4v) is 3.89. The molecular formula is C23H29Cl2N3O. The SMILES string of the molecule is CC(C)[C@H](CN1CCN(Cc2ccc(Cl)c(Cl)c2)CC1)NC(=O)c1ccccc1. The van der Waals surface area contributed by atoms with Crippen LogP contribution in [-0.2, 0) is 6.54 Å². The minimum atomic E-state index is 0.00236. The van der Waals surface area contributed by atoms with Gasteiger partial charge in [0.1, 0.15) is 0 Å². The zero-order valence-electron chi connectivity index (χ0n) is 17.1. The van der Waals surface area contributed by atoms with Gasteiger partial charge >= 0.3 is 0 Å². The van der Waals surface area contributed by atoms with Gasteiger partial charge in [0, 0.05) is 50.9 Å². The maximum Gasteiger partial charge on any atom is 0.251 e. The molecule has 0 bridgehead atoms. The number of piperazine rings is 1. The molecule has 1 N–H and O–H groups in total. The first-order valence-electron chi connectivity index (χ1n) is 10.2. The summed E-state index contributed by atoms with van der Waals surface area (Å²) in [6.07, 6.45) is 0. The van der Waals surface area contributed by atoms with E-state index in [4.69, 9.17) is 23.2 Å². The Morgan fingerprint density at radius 1 is 0.966 bits per heavy atom. The molecule has 1 aliphatic heterocycles. The summed E-state index contributed by atoms with van der Waals surface area (Å²) in [5.41, 5.74) is 1.90. The second-order valence-electron chi connectivity index (χ2n) is 8.02. The van der Waals surface area contributed by atoms with Crippen LogP contribution in [0.25, 0.3) is 0 Å². The molecular weight excluding hydrogens is 405 g/mol. The van der Waals surface area contributed by atoms with Gasteiger partial charge in [-0.3, -0.25) is 14.6 Å². The number of hydrogen-bond donors (Lipinski definition) is 1.